The molecule has 0 aliphatic heterocycles. The fourth-order valence-corrected chi connectivity index (χ4v) is 6.95. The summed E-state index contributed by atoms with van der Waals surface area (Å²) in [4.78, 5) is 37.2. The molecule has 0 saturated carbocycles. The van der Waals surface area contributed by atoms with Gasteiger partial charge in [-0.3, -0.25) is 9.59 Å². The maximum atomic E-state index is 12.8. The Morgan fingerprint density at radius 3 is 1.28 bits per heavy atom. The number of likely N-dealkylation sites (N-methyl/N-ethyl adjacent to an activating group) is 1. The summed E-state index contributed by atoms with van der Waals surface area (Å²) in [5, 5.41) is 9.65. The first-order valence-corrected chi connectivity index (χ1v) is 24.4. The highest BCUT2D eigenvalue weighted by atomic mass is 16.7. The molecule has 0 aromatic rings. The second kappa shape index (κ2) is 41.8. The van der Waals surface area contributed by atoms with Crippen molar-refractivity contribution in [2.75, 3.05) is 47.5 Å². The third kappa shape index (κ3) is 42.2. The Hall–Kier alpha value is -1.97. The molecule has 0 bridgehead atoms. The quantitative estimate of drug-likeness (QED) is 0.0213. The van der Waals surface area contributed by atoms with E-state index in [1.807, 2.05) is 21.1 Å². The van der Waals surface area contributed by atoms with E-state index >= 15 is 0 Å². The van der Waals surface area contributed by atoms with Crippen LogP contribution in [0.25, 0.3) is 0 Å². The van der Waals surface area contributed by atoms with E-state index < -0.39 is 24.3 Å². The molecule has 58 heavy (non-hydrogen) atoms. The van der Waals surface area contributed by atoms with Crippen LogP contribution in [-0.4, -0.2) is 87.4 Å². The maximum Gasteiger partial charge on any atom is 0.361 e. The Labute approximate surface area is 357 Å². The zero-order valence-electron chi connectivity index (χ0n) is 38.7. The van der Waals surface area contributed by atoms with Gasteiger partial charge in [-0.15, -0.1) is 0 Å². The van der Waals surface area contributed by atoms with Crippen LogP contribution in [0.1, 0.15) is 226 Å². The van der Waals surface area contributed by atoms with Crippen molar-refractivity contribution < 1.29 is 42.9 Å². The smallest absolute Gasteiger partial charge is 0.361 e. The molecule has 342 valence electrons. The normalized spacial score (nSPS) is 12.9. The number of rotatable bonds is 45. The number of allylic oxidation sites excluding steroid dienone is 2. The monoisotopic (exact) mass is 825 g/mol. The number of unbranched alkanes of at least 4 members (excludes halogenated alkanes) is 28. The Balaban J connectivity index is 4.37. The van der Waals surface area contributed by atoms with Gasteiger partial charge in [-0.25, -0.2) is 4.79 Å². The first-order chi connectivity index (χ1) is 28.1. The largest absolute Gasteiger partial charge is 0.477 e. The molecule has 1 N–H and O–H groups in total. The molecule has 9 nitrogen and oxygen atoms in total. The van der Waals surface area contributed by atoms with E-state index in [1.165, 1.54) is 148 Å². The van der Waals surface area contributed by atoms with Gasteiger partial charge in [0.2, 0.25) is 0 Å². The van der Waals surface area contributed by atoms with E-state index in [0.29, 0.717) is 17.4 Å². The van der Waals surface area contributed by atoms with Crippen LogP contribution in [0.15, 0.2) is 12.2 Å². The number of carbonyl (C=O) groups excluding carboxylic acids is 2. The minimum atomic E-state index is -1.50. The van der Waals surface area contributed by atoms with Crippen LogP contribution >= 0.6 is 0 Å². The molecule has 0 aromatic heterocycles. The number of nitrogens with zero attached hydrogens (tertiary/aromatic N) is 1. The number of quaternary nitrogens is 1. The molecular formula is C49H94NO8+. The molecule has 2 unspecified atom stereocenters. The van der Waals surface area contributed by atoms with Gasteiger partial charge < -0.3 is 28.5 Å². The van der Waals surface area contributed by atoms with Crippen LogP contribution in [0.5, 0.6) is 0 Å². The van der Waals surface area contributed by atoms with Gasteiger partial charge in [-0.1, -0.05) is 187 Å². The van der Waals surface area contributed by atoms with Gasteiger partial charge in [0, 0.05) is 12.8 Å². The predicted octanol–water partition coefficient (Wildman–Crippen LogP) is 13.1. The number of aliphatic carboxylic acids is 1. The van der Waals surface area contributed by atoms with Crippen LogP contribution in [0.2, 0.25) is 0 Å². The van der Waals surface area contributed by atoms with Crippen LogP contribution in [0.3, 0.4) is 0 Å². The molecule has 0 amide bonds. The summed E-state index contributed by atoms with van der Waals surface area (Å²) in [7, 11) is 5.96. The summed E-state index contributed by atoms with van der Waals surface area (Å²) in [5.74, 6) is -2.00. The molecule has 0 radical (unpaired) electrons. The van der Waals surface area contributed by atoms with Gasteiger partial charge >= 0.3 is 17.9 Å². The molecule has 0 spiro atoms. The van der Waals surface area contributed by atoms with Crippen LogP contribution in [-0.2, 0) is 33.3 Å². The molecular weight excluding hydrogens is 731 g/mol. The van der Waals surface area contributed by atoms with Crippen molar-refractivity contribution in [3.63, 3.8) is 0 Å². The lowest BCUT2D eigenvalue weighted by Gasteiger charge is -2.25. The highest BCUT2D eigenvalue weighted by molar-refractivity contribution is 5.71. The summed E-state index contributed by atoms with van der Waals surface area (Å²) in [6.07, 6.45) is 41.2. The molecule has 0 fully saturated rings. The SMILES string of the molecule is CCCCCCCC/C=C\CCCCCCCCCC(=O)OC(COC(=O)CCCCCCCCCCCCCCCCCC)COC(OCC[N+](C)(C)C)C(=O)O. The molecule has 0 heterocycles. The summed E-state index contributed by atoms with van der Waals surface area (Å²) >= 11 is 0. The standard InChI is InChI=1S/C49H93NO8/c1-6-8-10-12-14-16-18-20-22-24-26-28-30-32-34-36-38-40-47(52)58-45(44-57-49(48(53)54)55-42-41-50(3,4)5)43-56-46(51)39-37-35-33-31-29-27-25-23-21-19-17-15-13-11-9-7-2/h20,22,45,49H,6-19,21,23-44H2,1-5H3/p+1/b22-20-. The Morgan fingerprint density at radius 1 is 0.500 bits per heavy atom. The van der Waals surface area contributed by atoms with Crippen molar-refractivity contribution in [1.82, 2.24) is 0 Å². The third-order valence-electron chi connectivity index (χ3n) is 10.8. The molecule has 9 heteroatoms. The Bertz CT molecular complexity index is 965. The van der Waals surface area contributed by atoms with Gasteiger partial charge in [-0.2, -0.15) is 0 Å². The predicted molar refractivity (Wildman–Crippen MR) is 240 cm³/mol. The van der Waals surface area contributed by atoms with Crippen molar-refractivity contribution >= 4 is 17.9 Å². The van der Waals surface area contributed by atoms with Crippen molar-refractivity contribution in [3.05, 3.63) is 12.2 Å². The topological polar surface area (TPSA) is 108 Å². The van der Waals surface area contributed by atoms with Gasteiger partial charge in [0.1, 0.15) is 13.2 Å². The fourth-order valence-electron chi connectivity index (χ4n) is 6.95. The number of ether oxygens (including phenoxy) is 4. The molecule has 0 aliphatic rings. The second-order valence-corrected chi connectivity index (χ2v) is 17.8. The van der Waals surface area contributed by atoms with E-state index in [-0.39, 0.29) is 32.2 Å². The third-order valence-corrected chi connectivity index (χ3v) is 10.8. The molecule has 0 rings (SSSR count). The number of hydrogen-bond acceptors (Lipinski definition) is 7. The van der Waals surface area contributed by atoms with Crippen LogP contribution in [0, 0.1) is 0 Å². The van der Waals surface area contributed by atoms with Gasteiger partial charge in [0.25, 0.3) is 6.29 Å². The zero-order chi connectivity index (χ0) is 42.8. The summed E-state index contributed by atoms with van der Waals surface area (Å²) < 4.78 is 22.8. The maximum absolute atomic E-state index is 12.8. The van der Waals surface area contributed by atoms with Crippen LogP contribution < -0.4 is 0 Å². The second-order valence-electron chi connectivity index (χ2n) is 17.8. The van der Waals surface area contributed by atoms with E-state index in [2.05, 4.69) is 26.0 Å². The first-order valence-electron chi connectivity index (χ1n) is 24.4. The zero-order valence-corrected chi connectivity index (χ0v) is 38.7. The van der Waals surface area contributed by atoms with Crippen molar-refractivity contribution in [2.45, 2.75) is 238 Å². The van der Waals surface area contributed by atoms with Crippen LogP contribution in [0.4, 0.5) is 0 Å². The summed E-state index contributed by atoms with van der Waals surface area (Å²) in [5.41, 5.74) is 0. The first kappa shape index (κ1) is 56.0. The lowest BCUT2D eigenvalue weighted by Crippen LogP contribution is -2.40. The van der Waals surface area contributed by atoms with Crippen molar-refractivity contribution in [1.29, 1.82) is 0 Å². The number of hydrogen-bond donors (Lipinski definition) is 1. The lowest BCUT2D eigenvalue weighted by molar-refractivity contribution is -0.870. The Kier molecular flexibility index (Phi) is 40.3. The number of esters is 2. The lowest BCUT2D eigenvalue weighted by atomic mass is 10.0. The highest BCUT2D eigenvalue weighted by Crippen LogP contribution is 2.16. The fraction of sp³-hybridized carbons (Fsp3) is 0.898. The molecule has 0 aliphatic carbocycles. The van der Waals surface area contributed by atoms with E-state index in [0.717, 1.165) is 51.4 Å². The summed E-state index contributed by atoms with van der Waals surface area (Å²) in [6, 6.07) is 0. The highest BCUT2D eigenvalue weighted by Gasteiger charge is 2.25. The molecule has 2 atom stereocenters. The average molecular weight is 825 g/mol. The molecule has 0 saturated heterocycles. The van der Waals surface area contributed by atoms with Gasteiger partial charge in [-0.05, 0) is 38.5 Å². The minimum Gasteiger partial charge on any atom is -0.477 e. The van der Waals surface area contributed by atoms with Crippen molar-refractivity contribution in [2.24, 2.45) is 0 Å². The number of carbonyl (C=O) groups is 3. The van der Waals surface area contributed by atoms with E-state index in [4.69, 9.17) is 18.9 Å². The van der Waals surface area contributed by atoms with Crippen molar-refractivity contribution in [3.8, 4) is 0 Å². The van der Waals surface area contributed by atoms with Gasteiger partial charge in [0.05, 0.1) is 34.4 Å². The number of carboxylic acids is 1. The molecule has 0 aromatic carbocycles. The Morgan fingerprint density at radius 2 is 0.879 bits per heavy atom. The minimum absolute atomic E-state index is 0.178. The van der Waals surface area contributed by atoms with Gasteiger partial charge in [0.15, 0.2) is 6.10 Å². The summed E-state index contributed by atoms with van der Waals surface area (Å²) in [6.45, 7) is 4.89. The van der Waals surface area contributed by atoms with E-state index in [9.17, 15) is 19.5 Å². The number of carboxylic acid groups (broad SMARTS) is 1. The van der Waals surface area contributed by atoms with E-state index in [1.54, 1.807) is 0 Å². The average Bonchev–Trinajstić information content (AvgIpc) is 3.18.